The third-order valence-corrected chi connectivity index (χ3v) is 2.77. The Morgan fingerprint density at radius 3 is 2.30 bits per heavy atom. The standard InChI is InChI=1S/C11H11BrF6N2/c12-7-5-8(11(16,17)18)9(20-6-7)19-4-2-1-3-10(13,14)15/h5-6H,1-4H2,(H,19,20). The van der Waals surface area contributed by atoms with Crippen molar-refractivity contribution in [3.63, 3.8) is 0 Å². The molecule has 1 aromatic heterocycles. The smallest absolute Gasteiger partial charge is 0.370 e. The number of anilines is 1. The summed E-state index contributed by atoms with van der Waals surface area (Å²) in [4.78, 5) is 3.59. The normalized spacial score (nSPS) is 12.6. The lowest BCUT2D eigenvalue weighted by atomic mass is 10.2. The first-order valence-electron chi connectivity index (χ1n) is 5.63. The molecule has 0 saturated heterocycles. The molecule has 0 bridgehead atoms. The van der Waals surface area contributed by atoms with Crippen LogP contribution in [0.25, 0.3) is 0 Å². The highest BCUT2D eigenvalue weighted by Crippen LogP contribution is 2.35. The fraction of sp³-hybridized carbons (Fsp3) is 0.545. The average Bonchev–Trinajstić information content (AvgIpc) is 2.27. The molecular weight excluding hydrogens is 354 g/mol. The molecule has 0 aromatic carbocycles. The SMILES string of the molecule is FC(F)(F)CCCCNc1ncc(Br)cc1C(F)(F)F. The van der Waals surface area contributed by atoms with E-state index in [9.17, 15) is 26.3 Å². The van der Waals surface area contributed by atoms with E-state index in [4.69, 9.17) is 0 Å². The van der Waals surface area contributed by atoms with Crippen LogP contribution in [0.5, 0.6) is 0 Å². The van der Waals surface area contributed by atoms with E-state index in [0.29, 0.717) is 0 Å². The number of nitrogens with zero attached hydrogens (tertiary/aromatic N) is 1. The second kappa shape index (κ2) is 6.64. The van der Waals surface area contributed by atoms with Gasteiger partial charge in [-0.3, -0.25) is 0 Å². The molecule has 0 spiro atoms. The van der Waals surface area contributed by atoms with Gasteiger partial charge in [-0.25, -0.2) is 4.98 Å². The van der Waals surface area contributed by atoms with Gasteiger partial charge >= 0.3 is 12.4 Å². The summed E-state index contributed by atoms with van der Waals surface area (Å²) in [5.41, 5.74) is -0.956. The summed E-state index contributed by atoms with van der Waals surface area (Å²) in [5, 5.41) is 2.41. The van der Waals surface area contributed by atoms with Crippen molar-refractivity contribution >= 4 is 21.7 Å². The summed E-state index contributed by atoms with van der Waals surface area (Å²) >= 11 is 2.89. The predicted octanol–water partition coefficient (Wildman–Crippen LogP) is 5.01. The van der Waals surface area contributed by atoms with Crippen molar-refractivity contribution in [2.24, 2.45) is 0 Å². The molecule has 1 aromatic rings. The maximum atomic E-state index is 12.7. The topological polar surface area (TPSA) is 24.9 Å². The molecule has 1 N–H and O–H groups in total. The zero-order valence-corrected chi connectivity index (χ0v) is 11.7. The Balaban J connectivity index is 2.56. The monoisotopic (exact) mass is 364 g/mol. The van der Waals surface area contributed by atoms with Crippen molar-refractivity contribution in [3.05, 3.63) is 22.3 Å². The zero-order chi connectivity index (χ0) is 15.4. The number of rotatable bonds is 5. The molecule has 0 unspecified atom stereocenters. The Hall–Kier alpha value is -0.990. The number of hydrogen-bond acceptors (Lipinski definition) is 2. The Bertz CT molecular complexity index is 444. The Kier molecular flexibility index (Phi) is 5.67. The first kappa shape index (κ1) is 17.1. The van der Waals surface area contributed by atoms with E-state index in [-0.39, 0.29) is 29.7 Å². The van der Waals surface area contributed by atoms with E-state index in [0.717, 1.165) is 6.07 Å². The minimum Gasteiger partial charge on any atom is -0.370 e. The second-order valence-corrected chi connectivity index (χ2v) is 4.96. The third kappa shape index (κ3) is 5.98. The summed E-state index contributed by atoms with van der Waals surface area (Å²) < 4.78 is 74.0. The van der Waals surface area contributed by atoms with Crippen LogP contribution in [-0.4, -0.2) is 17.7 Å². The van der Waals surface area contributed by atoms with Gasteiger partial charge in [-0.05, 0) is 34.8 Å². The van der Waals surface area contributed by atoms with Crippen LogP contribution in [-0.2, 0) is 6.18 Å². The number of halogens is 7. The number of unbranched alkanes of at least 4 members (excludes halogenated alkanes) is 1. The Morgan fingerprint density at radius 2 is 1.75 bits per heavy atom. The van der Waals surface area contributed by atoms with Crippen LogP contribution >= 0.6 is 15.9 Å². The number of pyridine rings is 1. The summed E-state index contributed by atoms with van der Waals surface area (Å²) in [6.07, 6.45) is -8.62. The van der Waals surface area contributed by atoms with Gasteiger partial charge < -0.3 is 5.32 Å². The fourth-order valence-electron chi connectivity index (χ4n) is 1.45. The number of nitrogens with one attached hydrogen (secondary N) is 1. The maximum Gasteiger partial charge on any atom is 0.419 e. The molecule has 0 fully saturated rings. The molecule has 1 heterocycles. The quantitative estimate of drug-likeness (QED) is 0.586. The predicted molar refractivity (Wildman–Crippen MR) is 65.3 cm³/mol. The molecule has 0 saturated carbocycles. The largest absolute Gasteiger partial charge is 0.419 e. The summed E-state index contributed by atoms with van der Waals surface area (Å²) in [5.74, 6) is -0.382. The van der Waals surface area contributed by atoms with Crippen LogP contribution in [0, 0.1) is 0 Å². The van der Waals surface area contributed by atoms with E-state index in [1.54, 1.807) is 0 Å². The van der Waals surface area contributed by atoms with E-state index in [1.807, 2.05) is 0 Å². The highest BCUT2D eigenvalue weighted by Gasteiger charge is 2.34. The molecule has 0 aliphatic heterocycles. The fourth-order valence-corrected chi connectivity index (χ4v) is 1.78. The first-order chi connectivity index (χ1) is 9.09. The molecular formula is C11H11BrF6N2. The van der Waals surface area contributed by atoms with E-state index >= 15 is 0 Å². The van der Waals surface area contributed by atoms with Crippen LogP contribution in [0.4, 0.5) is 32.2 Å². The Morgan fingerprint density at radius 1 is 1.10 bits per heavy atom. The molecule has 0 amide bonds. The van der Waals surface area contributed by atoms with Crippen molar-refractivity contribution in [1.82, 2.24) is 4.98 Å². The minimum absolute atomic E-state index is 0.00616. The number of hydrogen-bond donors (Lipinski definition) is 1. The summed E-state index contributed by atoms with van der Waals surface area (Å²) in [7, 11) is 0. The van der Waals surface area contributed by atoms with Crippen molar-refractivity contribution < 1.29 is 26.3 Å². The highest BCUT2D eigenvalue weighted by atomic mass is 79.9. The first-order valence-corrected chi connectivity index (χ1v) is 6.42. The highest BCUT2D eigenvalue weighted by molar-refractivity contribution is 9.10. The molecule has 0 radical (unpaired) electrons. The van der Waals surface area contributed by atoms with Gasteiger partial charge in [0.05, 0.1) is 5.56 Å². The van der Waals surface area contributed by atoms with E-state index in [1.165, 1.54) is 6.20 Å². The lowest BCUT2D eigenvalue weighted by Gasteiger charge is -2.14. The second-order valence-electron chi connectivity index (χ2n) is 4.05. The third-order valence-electron chi connectivity index (χ3n) is 2.34. The van der Waals surface area contributed by atoms with Gasteiger partial charge in [0.25, 0.3) is 0 Å². The van der Waals surface area contributed by atoms with Gasteiger partial charge in [-0.2, -0.15) is 26.3 Å². The lowest BCUT2D eigenvalue weighted by molar-refractivity contribution is -0.137. The number of alkyl halides is 6. The molecule has 114 valence electrons. The van der Waals surface area contributed by atoms with Crippen LogP contribution in [0.15, 0.2) is 16.7 Å². The molecule has 0 aliphatic rings. The van der Waals surface area contributed by atoms with Crippen LogP contribution in [0.2, 0.25) is 0 Å². The summed E-state index contributed by atoms with van der Waals surface area (Å²) in [6.45, 7) is -0.00616. The molecule has 1 rings (SSSR count). The van der Waals surface area contributed by atoms with Crippen molar-refractivity contribution in [2.75, 3.05) is 11.9 Å². The van der Waals surface area contributed by atoms with E-state index in [2.05, 4.69) is 26.2 Å². The molecule has 9 heteroatoms. The minimum atomic E-state index is -4.58. The van der Waals surface area contributed by atoms with Gasteiger partial charge in [-0.1, -0.05) is 0 Å². The van der Waals surface area contributed by atoms with Gasteiger partial charge in [0.1, 0.15) is 5.82 Å². The molecule has 0 atom stereocenters. The average molecular weight is 365 g/mol. The maximum absolute atomic E-state index is 12.7. The number of aromatic nitrogens is 1. The van der Waals surface area contributed by atoms with Gasteiger partial charge in [-0.15, -0.1) is 0 Å². The van der Waals surface area contributed by atoms with Crippen LogP contribution in [0.1, 0.15) is 24.8 Å². The lowest BCUT2D eigenvalue weighted by Crippen LogP contribution is -2.14. The molecule has 20 heavy (non-hydrogen) atoms. The molecule has 2 nitrogen and oxygen atoms in total. The molecule has 0 aliphatic carbocycles. The zero-order valence-electron chi connectivity index (χ0n) is 10.1. The van der Waals surface area contributed by atoms with Gasteiger partial charge in [0, 0.05) is 23.6 Å². The Labute approximate surface area is 119 Å². The van der Waals surface area contributed by atoms with Gasteiger partial charge in [0.2, 0.25) is 0 Å². The van der Waals surface area contributed by atoms with Crippen molar-refractivity contribution in [3.8, 4) is 0 Å². The van der Waals surface area contributed by atoms with Crippen molar-refractivity contribution in [1.29, 1.82) is 0 Å². The van der Waals surface area contributed by atoms with Crippen molar-refractivity contribution in [2.45, 2.75) is 31.6 Å². The van der Waals surface area contributed by atoms with Crippen LogP contribution < -0.4 is 5.32 Å². The van der Waals surface area contributed by atoms with Gasteiger partial charge in [0.15, 0.2) is 0 Å². The van der Waals surface area contributed by atoms with E-state index < -0.39 is 24.3 Å². The van der Waals surface area contributed by atoms with Crippen LogP contribution in [0.3, 0.4) is 0 Å². The summed E-state index contributed by atoms with van der Waals surface area (Å²) in [6, 6.07) is 0.866.